The van der Waals surface area contributed by atoms with Gasteiger partial charge in [-0.15, -0.1) is 0 Å². The molecule has 21 heavy (non-hydrogen) atoms. The Bertz CT molecular complexity index is 468. The third kappa shape index (κ3) is 4.72. The molecule has 5 nitrogen and oxygen atoms in total. The van der Waals surface area contributed by atoms with Crippen LogP contribution < -0.4 is 15.8 Å². The summed E-state index contributed by atoms with van der Waals surface area (Å²) in [6.45, 7) is 6.76. The van der Waals surface area contributed by atoms with E-state index in [0.29, 0.717) is 24.8 Å². The third-order valence-electron chi connectivity index (χ3n) is 3.60. The van der Waals surface area contributed by atoms with Crippen molar-refractivity contribution < 1.29 is 9.53 Å². The molecule has 1 aliphatic rings. The zero-order valence-corrected chi connectivity index (χ0v) is 12.8. The van der Waals surface area contributed by atoms with Crippen LogP contribution in [0.15, 0.2) is 24.3 Å². The minimum atomic E-state index is -0.0246. The lowest BCUT2D eigenvalue weighted by Crippen LogP contribution is -2.48. The Morgan fingerprint density at radius 1 is 1.43 bits per heavy atom. The van der Waals surface area contributed by atoms with Crippen molar-refractivity contribution in [3.8, 4) is 5.75 Å². The van der Waals surface area contributed by atoms with Crippen molar-refractivity contribution in [1.29, 1.82) is 0 Å². The molecule has 0 aliphatic carbocycles. The molecule has 116 valence electrons. The smallest absolute Gasteiger partial charge is 0.238 e. The van der Waals surface area contributed by atoms with Crippen LogP contribution in [0.2, 0.25) is 0 Å². The number of ether oxygens (including phenoxy) is 1. The van der Waals surface area contributed by atoms with Gasteiger partial charge in [-0.1, -0.05) is 19.1 Å². The predicted octanol–water partition coefficient (Wildman–Crippen LogP) is 1.69. The molecule has 0 radical (unpaired) electrons. The first-order valence-corrected chi connectivity index (χ1v) is 7.58. The molecule has 1 aromatic carbocycles. The number of nitrogens with one attached hydrogen (secondary N) is 1. The largest absolute Gasteiger partial charge is 0.492 e. The minimum Gasteiger partial charge on any atom is -0.492 e. The van der Waals surface area contributed by atoms with E-state index in [4.69, 9.17) is 10.5 Å². The zero-order valence-electron chi connectivity index (χ0n) is 12.8. The average Bonchev–Trinajstić information content (AvgIpc) is 2.40. The maximum absolute atomic E-state index is 12.2. The molecule has 0 saturated carbocycles. The molecular formula is C16H25N3O2. The van der Waals surface area contributed by atoms with Gasteiger partial charge in [0.25, 0.3) is 0 Å². The summed E-state index contributed by atoms with van der Waals surface area (Å²) in [5, 5.41) is 2.93. The molecular weight excluding hydrogens is 266 g/mol. The standard InChI is InChI=1S/C16H25N3O2/c1-3-21-15-7-5-4-6-14(15)18-16(20)11-19-9-12(2)8-13(17)10-19/h4-7,12-13H,3,8-11,17H2,1-2H3,(H,18,20). The molecule has 1 aliphatic heterocycles. The quantitative estimate of drug-likeness (QED) is 0.866. The molecule has 2 atom stereocenters. The minimum absolute atomic E-state index is 0.0246. The van der Waals surface area contributed by atoms with Crippen molar-refractivity contribution >= 4 is 11.6 Å². The molecule has 0 spiro atoms. The summed E-state index contributed by atoms with van der Waals surface area (Å²) in [6.07, 6.45) is 1.03. The van der Waals surface area contributed by atoms with E-state index in [1.807, 2.05) is 31.2 Å². The van der Waals surface area contributed by atoms with Crippen molar-refractivity contribution in [2.24, 2.45) is 11.7 Å². The van der Waals surface area contributed by atoms with Crippen LogP contribution in [0, 0.1) is 5.92 Å². The Labute approximate surface area is 126 Å². The van der Waals surface area contributed by atoms with Crippen LogP contribution >= 0.6 is 0 Å². The molecule has 0 bridgehead atoms. The van der Waals surface area contributed by atoms with Crippen LogP contribution in [0.5, 0.6) is 5.75 Å². The molecule has 1 aromatic rings. The molecule has 2 rings (SSSR count). The van der Waals surface area contributed by atoms with Crippen LogP contribution in [-0.2, 0) is 4.79 Å². The van der Waals surface area contributed by atoms with Crippen molar-refractivity contribution in [1.82, 2.24) is 4.90 Å². The molecule has 5 heteroatoms. The zero-order chi connectivity index (χ0) is 15.2. The van der Waals surface area contributed by atoms with Gasteiger partial charge in [-0.3, -0.25) is 9.69 Å². The van der Waals surface area contributed by atoms with Crippen LogP contribution in [0.25, 0.3) is 0 Å². The van der Waals surface area contributed by atoms with E-state index in [1.54, 1.807) is 0 Å². The van der Waals surface area contributed by atoms with E-state index in [1.165, 1.54) is 0 Å². The number of nitrogens with two attached hydrogens (primary N) is 1. The van der Waals surface area contributed by atoms with Gasteiger partial charge in [0.1, 0.15) is 5.75 Å². The molecule has 0 aromatic heterocycles. The average molecular weight is 291 g/mol. The van der Waals surface area contributed by atoms with E-state index in [9.17, 15) is 4.79 Å². The van der Waals surface area contributed by atoms with Gasteiger partial charge in [0.2, 0.25) is 5.91 Å². The molecule has 1 heterocycles. The van der Waals surface area contributed by atoms with Crippen LogP contribution in [0.1, 0.15) is 20.3 Å². The van der Waals surface area contributed by atoms with Crippen molar-refractivity contribution in [3.63, 3.8) is 0 Å². The predicted molar refractivity (Wildman–Crippen MR) is 84.4 cm³/mol. The number of likely N-dealkylation sites (tertiary alicyclic amines) is 1. The Balaban J connectivity index is 1.92. The highest BCUT2D eigenvalue weighted by molar-refractivity contribution is 5.93. The maximum atomic E-state index is 12.2. The fourth-order valence-corrected chi connectivity index (χ4v) is 2.89. The number of carbonyl (C=O) groups is 1. The SMILES string of the molecule is CCOc1ccccc1NC(=O)CN1CC(C)CC(N)C1. The number of anilines is 1. The van der Waals surface area contributed by atoms with E-state index < -0.39 is 0 Å². The Hall–Kier alpha value is -1.59. The van der Waals surface area contributed by atoms with Gasteiger partial charge in [-0.05, 0) is 31.4 Å². The summed E-state index contributed by atoms with van der Waals surface area (Å²) in [6, 6.07) is 7.66. The van der Waals surface area contributed by atoms with E-state index >= 15 is 0 Å². The number of rotatable bonds is 5. The van der Waals surface area contributed by atoms with E-state index in [2.05, 4.69) is 17.1 Å². The lowest BCUT2D eigenvalue weighted by Gasteiger charge is -2.34. The van der Waals surface area contributed by atoms with Gasteiger partial charge in [-0.2, -0.15) is 0 Å². The molecule has 3 N–H and O–H groups in total. The van der Waals surface area contributed by atoms with Gasteiger partial charge in [0.15, 0.2) is 0 Å². The highest BCUT2D eigenvalue weighted by atomic mass is 16.5. The number of piperidine rings is 1. The highest BCUT2D eigenvalue weighted by Crippen LogP contribution is 2.23. The van der Waals surface area contributed by atoms with Gasteiger partial charge in [-0.25, -0.2) is 0 Å². The first-order chi connectivity index (χ1) is 10.1. The second kappa shape index (κ2) is 7.43. The third-order valence-corrected chi connectivity index (χ3v) is 3.60. The molecule has 1 saturated heterocycles. The lowest BCUT2D eigenvalue weighted by atomic mass is 9.97. The number of para-hydroxylation sites is 2. The fraction of sp³-hybridized carbons (Fsp3) is 0.562. The van der Waals surface area contributed by atoms with Crippen molar-refractivity contribution in [2.75, 3.05) is 31.6 Å². The van der Waals surface area contributed by atoms with Crippen molar-refractivity contribution in [2.45, 2.75) is 26.3 Å². The number of nitrogens with zero attached hydrogens (tertiary/aromatic N) is 1. The highest BCUT2D eigenvalue weighted by Gasteiger charge is 2.23. The summed E-state index contributed by atoms with van der Waals surface area (Å²) >= 11 is 0. The number of carbonyl (C=O) groups excluding carboxylic acids is 1. The van der Waals surface area contributed by atoms with Gasteiger partial charge < -0.3 is 15.8 Å². The fourth-order valence-electron chi connectivity index (χ4n) is 2.89. The Kier molecular flexibility index (Phi) is 5.59. The molecule has 1 amide bonds. The number of hydrogen-bond acceptors (Lipinski definition) is 4. The van der Waals surface area contributed by atoms with Crippen LogP contribution in [0.4, 0.5) is 5.69 Å². The summed E-state index contributed by atoms with van der Waals surface area (Å²) in [4.78, 5) is 14.3. The van der Waals surface area contributed by atoms with E-state index in [0.717, 1.165) is 25.2 Å². The summed E-state index contributed by atoms with van der Waals surface area (Å²) in [7, 11) is 0. The van der Waals surface area contributed by atoms with Crippen molar-refractivity contribution in [3.05, 3.63) is 24.3 Å². The van der Waals surface area contributed by atoms with Gasteiger partial charge in [0, 0.05) is 19.1 Å². The monoisotopic (exact) mass is 291 g/mol. The van der Waals surface area contributed by atoms with Crippen LogP contribution in [-0.4, -0.2) is 43.1 Å². The first-order valence-electron chi connectivity index (χ1n) is 7.58. The second-order valence-corrected chi connectivity index (χ2v) is 5.77. The van der Waals surface area contributed by atoms with E-state index in [-0.39, 0.29) is 11.9 Å². The number of benzene rings is 1. The normalized spacial score (nSPS) is 22.8. The summed E-state index contributed by atoms with van der Waals surface area (Å²) in [5.41, 5.74) is 6.74. The van der Waals surface area contributed by atoms with Crippen LogP contribution in [0.3, 0.4) is 0 Å². The van der Waals surface area contributed by atoms with Gasteiger partial charge >= 0.3 is 0 Å². The van der Waals surface area contributed by atoms with Gasteiger partial charge in [0.05, 0.1) is 18.8 Å². The molecule has 1 fully saturated rings. The maximum Gasteiger partial charge on any atom is 0.238 e. The summed E-state index contributed by atoms with van der Waals surface area (Å²) < 4.78 is 5.51. The first kappa shape index (κ1) is 15.8. The number of hydrogen-bond donors (Lipinski definition) is 2. The Morgan fingerprint density at radius 2 is 2.19 bits per heavy atom. The topological polar surface area (TPSA) is 67.6 Å². The lowest BCUT2D eigenvalue weighted by molar-refractivity contribution is -0.117. The Morgan fingerprint density at radius 3 is 2.90 bits per heavy atom. The summed E-state index contributed by atoms with van der Waals surface area (Å²) in [5.74, 6) is 1.22. The number of amides is 1. The second-order valence-electron chi connectivity index (χ2n) is 5.77. The molecule has 2 unspecified atom stereocenters.